The summed E-state index contributed by atoms with van der Waals surface area (Å²) in [5, 5.41) is 3.85. The van der Waals surface area contributed by atoms with Crippen LogP contribution in [0.25, 0.3) is 11.0 Å². The van der Waals surface area contributed by atoms with Crippen LogP contribution in [-0.4, -0.2) is 25.6 Å². The maximum atomic E-state index is 13.4. The number of methoxy groups -OCH3 is 1. The molecule has 5 rings (SSSR count). The van der Waals surface area contributed by atoms with E-state index in [2.05, 4.69) is 5.32 Å². The highest BCUT2D eigenvalue weighted by Gasteiger charge is 2.27. The minimum absolute atomic E-state index is 0.0285. The Morgan fingerprint density at radius 1 is 1.14 bits per heavy atom. The molecule has 1 aliphatic carbocycles. The van der Waals surface area contributed by atoms with E-state index < -0.39 is 17.7 Å². The molecule has 0 bridgehead atoms. The Labute approximate surface area is 216 Å². The lowest BCUT2D eigenvalue weighted by Gasteiger charge is -2.12. The molecule has 2 aromatic heterocycles. The highest BCUT2D eigenvalue weighted by molar-refractivity contribution is 7.16. The van der Waals surface area contributed by atoms with Crippen molar-refractivity contribution in [1.82, 2.24) is 0 Å². The molecule has 0 unspecified atom stereocenters. The third-order valence-electron chi connectivity index (χ3n) is 6.14. The Bertz CT molecular complexity index is 1560. The molecular weight excluding hydrogens is 495 g/mol. The Morgan fingerprint density at radius 2 is 1.92 bits per heavy atom. The molecule has 1 N–H and O–H groups in total. The average Bonchev–Trinajstić information content (AvgIpc) is 3.27. The molecule has 1 amide bonds. The number of hydrogen-bond acceptors (Lipinski definition) is 7. The number of thiophene rings is 1. The molecule has 0 saturated heterocycles. The van der Waals surface area contributed by atoms with Gasteiger partial charge in [0.2, 0.25) is 5.55 Å². The largest absolute Gasteiger partial charge is 0.493 e. The van der Waals surface area contributed by atoms with Crippen LogP contribution in [0.4, 0.5) is 15.1 Å². The number of benzene rings is 2. The number of hydrogen-bond donors (Lipinski definition) is 1. The van der Waals surface area contributed by atoms with Gasteiger partial charge in [0.15, 0.2) is 11.3 Å². The molecule has 2 heterocycles. The van der Waals surface area contributed by atoms with E-state index in [0.717, 1.165) is 36.1 Å². The SMILES string of the molecule is CCOC(=O)c1c(/N=c2\oc3c(OC)cccc3cc2C(=O)Nc2ccc(F)cc2)sc2c1CCCC2. The van der Waals surface area contributed by atoms with Gasteiger partial charge in [-0.3, -0.25) is 4.79 Å². The van der Waals surface area contributed by atoms with Gasteiger partial charge in [-0.1, -0.05) is 12.1 Å². The summed E-state index contributed by atoms with van der Waals surface area (Å²) in [5.41, 5.74) is 2.42. The number of esters is 1. The summed E-state index contributed by atoms with van der Waals surface area (Å²) in [5.74, 6) is -0.848. The van der Waals surface area contributed by atoms with Gasteiger partial charge in [0.1, 0.15) is 16.4 Å². The minimum atomic E-state index is -0.488. The number of fused-ring (bicyclic) bond motifs is 2. The van der Waals surface area contributed by atoms with Crippen LogP contribution in [0.15, 0.2) is 57.9 Å². The van der Waals surface area contributed by atoms with Crippen molar-refractivity contribution in [2.24, 2.45) is 4.99 Å². The van der Waals surface area contributed by atoms with Crippen LogP contribution in [0, 0.1) is 5.82 Å². The van der Waals surface area contributed by atoms with Gasteiger partial charge in [-0.05, 0) is 74.6 Å². The summed E-state index contributed by atoms with van der Waals surface area (Å²) in [6, 6.07) is 12.5. The number of amides is 1. The van der Waals surface area contributed by atoms with Crippen molar-refractivity contribution >= 4 is 44.9 Å². The fraction of sp³-hybridized carbons (Fsp3) is 0.250. The number of nitrogens with one attached hydrogen (secondary N) is 1. The summed E-state index contributed by atoms with van der Waals surface area (Å²) in [4.78, 5) is 32.2. The molecule has 0 radical (unpaired) electrons. The number of ether oxygens (including phenoxy) is 2. The molecular formula is C28H25FN2O5S. The van der Waals surface area contributed by atoms with Crippen molar-refractivity contribution in [3.8, 4) is 5.75 Å². The summed E-state index contributed by atoms with van der Waals surface area (Å²) in [6.45, 7) is 2.00. The monoisotopic (exact) mass is 520 g/mol. The quantitative estimate of drug-likeness (QED) is 0.307. The fourth-order valence-corrected chi connectivity index (χ4v) is 5.64. The van der Waals surface area contributed by atoms with E-state index in [-0.39, 0.29) is 17.7 Å². The van der Waals surface area contributed by atoms with Gasteiger partial charge >= 0.3 is 5.97 Å². The van der Waals surface area contributed by atoms with E-state index in [1.165, 1.54) is 42.7 Å². The van der Waals surface area contributed by atoms with Gasteiger partial charge in [-0.25, -0.2) is 14.2 Å². The topological polar surface area (TPSA) is 90.1 Å². The van der Waals surface area contributed by atoms with Crippen molar-refractivity contribution < 1.29 is 27.9 Å². The van der Waals surface area contributed by atoms with Crippen molar-refractivity contribution in [2.75, 3.05) is 19.0 Å². The second-order valence-electron chi connectivity index (χ2n) is 8.53. The van der Waals surface area contributed by atoms with Crippen LogP contribution >= 0.6 is 11.3 Å². The van der Waals surface area contributed by atoms with E-state index in [0.29, 0.717) is 33.0 Å². The van der Waals surface area contributed by atoms with Crippen molar-refractivity contribution in [3.63, 3.8) is 0 Å². The predicted octanol–water partition coefficient (Wildman–Crippen LogP) is 6.18. The first kappa shape index (κ1) is 24.7. The lowest BCUT2D eigenvalue weighted by Crippen LogP contribution is -2.21. The maximum Gasteiger partial charge on any atom is 0.341 e. The second-order valence-corrected chi connectivity index (χ2v) is 9.61. The normalized spacial score (nSPS) is 13.3. The standard InChI is InChI=1S/C28H25FN2O5S/c1-3-35-28(33)23-19-8-4-5-10-22(19)37-27(23)31-26-20(25(32)30-18-13-11-17(29)12-14-18)15-16-7-6-9-21(34-2)24(16)36-26/h6-7,9,11-15H,3-5,8,10H2,1-2H3,(H,30,32)/b31-26-. The van der Waals surface area contributed by atoms with Crippen LogP contribution in [0.5, 0.6) is 5.75 Å². The maximum absolute atomic E-state index is 13.4. The number of aryl methyl sites for hydroxylation is 1. The minimum Gasteiger partial charge on any atom is -0.493 e. The lowest BCUT2D eigenvalue weighted by molar-refractivity contribution is 0.0526. The molecule has 2 aromatic carbocycles. The van der Waals surface area contributed by atoms with E-state index in [9.17, 15) is 14.0 Å². The summed E-state index contributed by atoms with van der Waals surface area (Å²) >= 11 is 1.42. The third kappa shape index (κ3) is 4.99. The van der Waals surface area contributed by atoms with Crippen LogP contribution in [-0.2, 0) is 17.6 Å². The molecule has 9 heteroatoms. The van der Waals surface area contributed by atoms with Gasteiger partial charge in [0.05, 0.1) is 19.3 Å². The van der Waals surface area contributed by atoms with E-state index in [1.807, 2.05) is 0 Å². The number of carbonyl (C=O) groups is 2. The Hall–Kier alpha value is -3.98. The number of anilines is 1. The molecule has 0 spiro atoms. The number of nitrogens with zero attached hydrogens (tertiary/aromatic N) is 1. The predicted molar refractivity (Wildman–Crippen MR) is 139 cm³/mol. The summed E-state index contributed by atoms with van der Waals surface area (Å²) in [7, 11) is 1.53. The zero-order valence-corrected chi connectivity index (χ0v) is 21.2. The molecule has 4 aromatic rings. The second kappa shape index (κ2) is 10.6. The molecule has 0 fully saturated rings. The van der Waals surface area contributed by atoms with Crippen LogP contribution in [0.3, 0.4) is 0 Å². The number of carbonyl (C=O) groups excluding carboxylic acids is 2. The van der Waals surface area contributed by atoms with Crippen molar-refractivity contribution in [1.29, 1.82) is 0 Å². The summed E-state index contributed by atoms with van der Waals surface area (Å²) in [6.07, 6.45) is 3.66. The molecule has 1 aliphatic rings. The van der Waals surface area contributed by atoms with Gasteiger partial charge in [-0.15, -0.1) is 11.3 Å². The number of para-hydroxylation sites is 1. The van der Waals surface area contributed by atoms with Gasteiger partial charge < -0.3 is 19.2 Å². The molecule has 0 aliphatic heterocycles. The lowest BCUT2D eigenvalue weighted by atomic mass is 9.95. The number of halogens is 1. The molecule has 190 valence electrons. The Kier molecular flexibility index (Phi) is 7.05. The Morgan fingerprint density at radius 3 is 2.68 bits per heavy atom. The Balaban J connectivity index is 1.70. The first-order chi connectivity index (χ1) is 18.0. The van der Waals surface area contributed by atoms with Crippen molar-refractivity contribution in [3.05, 3.63) is 81.5 Å². The molecule has 0 atom stereocenters. The zero-order chi connectivity index (χ0) is 25.9. The molecule has 7 nitrogen and oxygen atoms in total. The highest BCUT2D eigenvalue weighted by atomic mass is 32.1. The molecule has 0 saturated carbocycles. The van der Waals surface area contributed by atoms with E-state index in [1.54, 1.807) is 31.2 Å². The first-order valence-electron chi connectivity index (χ1n) is 12.0. The van der Waals surface area contributed by atoms with Crippen LogP contribution < -0.4 is 15.6 Å². The van der Waals surface area contributed by atoms with Gasteiger partial charge in [0, 0.05) is 16.0 Å². The van der Waals surface area contributed by atoms with Crippen molar-refractivity contribution in [2.45, 2.75) is 32.6 Å². The first-order valence-corrected chi connectivity index (χ1v) is 12.8. The van der Waals surface area contributed by atoms with Crippen LogP contribution in [0.2, 0.25) is 0 Å². The van der Waals surface area contributed by atoms with Gasteiger partial charge in [-0.2, -0.15) is 0 Å². The average molecular weight is 521 g/mol. The van der Waals surface area contributed by atoms with E-state index >= 15 is 0 Å². The van der Waals surface area contributed by atoms with Crippen LogP contribution in [0.1, 0.15) is 50.9 Å². The zero-order valence-electron chi connectivity index (χ0n) is 20.4. The highest BCUT2D eigenvalue weighted by Crippen LogP contribution is 2.40. The summed E-state index contributed by atoms with van der Waals surface area (Å²) < 4.78 is 30.3. The third-order valence-corrected chi connectivity index (χ3v) is 7.33. The van der Waals surface area contributed by atoms with Gasteiger partial charge in [0.25, 0.3) is 5.91 Å². The smallest absolute Gasteiger partial charge is 0.341 e. The van der Waals surface area contributed by atoms with E-state index in [4.69, 9.17) is 18.9 Å². The fourth-order valence-electron chi connectivity index (χ4n) is 4.40. The molecule has 37 heavy (non-hydrogen) atoms. The number of rotatable bonds is 6.